The van der Waals surface area contributed by atoms with Crippen LogP contribution in [0, 0.1) is 0 Å². The Hall–Kier alpha value is -2.41. The summed E-state index contributed by atoms with van der Waals surface area (Å²) in [5, 5.41) is 0.763. The highest BCUT2D eigenvalue weighted by Gasteiger charge is 2.19. The Kier molecular flexibility index (Phi) is 3.72. The highest BCUT2D eigenvalue weighted by atomic mass is 32.1. The van der Waals surface area contributed by atoms with E-state index in [1.807, 2.05) is 18.2 Å². The first kappa shape index (κ1) is 15.1. The Balaban J connectivity index is 1.86. The van der Waals surface area contributed by atoms with E-state index in [9.17, 15) is 4.79 Å². The third-order valence-corrected chi connectivity index (χ3v) is 5.26. The highest BCUT2D eigenvalue weighted by Crippen LogP contribution is 2.35. The summed E-state index contributed by atoms with van der Waals surface area (Å²) in [5.74, 6) is 2.18. The van der Waals surface area contributed by atoms with Gasteiger partial charge >= 0.3 is 0 Å². The number of thiazole rings is 1. The van der Waals surface area contributed by atoms with E-state index in [1.54, 1.807) is 18.8 Å². The smallest absolute Gasteiger partial charge is 0.280 e. The number of hydrogen-bond acceptors (Lipinski definition) is 6. The Morgan fingerprint density at radius 1 is 1.12 bits per heavy atom. The molecule has 3 aromatic rings. The lowest BCUT2D eigenvalue weighted by Gasteiger charge is -2.16. The van der Waals surface area contributed by atoms with Gasteiger partial charge in [-0.05, 0) is 31.0 Å². The molecule has 0 saturated heterocycles. The molecule has 3 heterocycles. The van der Waals surface area contributed by atoms with Crippen LogP contribution in [-0.4, -0.2) is 28.8 Å². The molecule has 0 fully saturated rings. The van der Waals surface area contributed by atoms with E-state index in [-0.39, 0.29) is 5.56 Å². The summed E-state index contributed by atoms with van der Waals surface area (Å²) in [5.41, 5.74) is 1.31. The molecule has 0 bridgehead atoms. The van der Waals surface area contributed by atoms with Crippen LogP contribution in [0.2, 0.25) is 0 Å². The van der Waals surface area contributed by atoms with Crippen LogP contribution in [0.1, 0.15) is 18.7 Å². The third kappa shape index (κ3) is 2.36. The Labute approximate surface area is 142 Å². The molecule has 1 aromatic carbocycles. The summed E-state index contributed by atoms with van der Waals surface area (Å²) in [6.07, 6.45) is 2.96. The van der Waals surface area contributed by atoms with Crippen molar-refractivity contribution in [3.05, 3.63) is 34.4 Å². The summed E-state index contributed by atoms with van der Waals surface area (Å²) in [7, 11) is 3.20. The van der Waals surface area contributed by atoms with Crippen molar-refractivity contribution in [1.29, 1.82) is 0 Å². The average Bonchev–Trinajstić information content (AvgIpc) is 3.05. The SMILES string of the molecule is COc1ccc(-c2nc3c(=O)n4c(nc3s2)CCCC4)cc1OC. The van der Waals surface area contributed by atoms with Gasteiger partial charge in [-0.2, -0.15) is 0 Å². The fourth-order valence-corrected chi connectivity index (χ4v) is 3.96. The van der Waals surface area contributed by atoms with Gasteiger partial charge in [0.05, 0.1) is 14.2 Å². The van der Waals surface area contributed by atoms with E-state index in [2.05, 4.69) is 9.97 Å². The van der Waals surface area contributed by atoms with Crippen LogP contribution < -0.4 is 15.0 Å². The monoisotopic (exact) mass is 343 g/mol. The fourth-order valence-electron chi connectivity index (χ4n) is 3.02. The van der Waals surface area contributed by atoms with Crippen molar-refractivity contribution in [3.63, 3.8) is 0 Å². The summed E-state index contributed by atoms with van der Waals surface area (Å²) >= 11 is 1.44. The second kappa shape index (κ2) is 5.90. The molecule has 24 heavy (non-hydrogen) atoms. The number of methoxy groups -OCH3 is 2. The molecule has 1 aliphatic heterocycles. The second-order valence-corrected chi connectivity index (χ2v) is 6.66. The van der Waals surface area contributed by atoms with E-state index < -0.39 is 0 Å². The van der Waals surface area contributed by atoms with Crippen LogP contribution in [0.5, 0.6) is 11.5 Å². The summed E-state index contributed by atoms with van der Waals surface area (Å²) in [6.45, 7) is 0.736. The molecule has 7 heteroatoms. The van der Waals surface area contributed by atoms with Gasteiger partial charge in [0, 0.05) is 18.5 Å². The topological polar surface area (TPSA) is 66.2 Å². The molecule has 0 aliphatic carbocycles. The van der Waals surface area contributed by atoms with Gasteiger partial charge in [-0.3, -0.25) is 9.36 Å². The van der Waals surface area contributed by atoms with Crippen LogP contribution in [-0.2, 0) is 13.0 Å². The Morgan fingerprint density at radius 3 is 2.75 bits per heavy atom. The van der Waals surface area contributed by atoms with Crippen LogP contribution in [0.4, 0.5) is 0 Å². The minimum atomic E-state index is -0.0299. The Morgan fingerprint density at radius 2 is 1.96 bits per heavy atom. The van der Waals surface area contributed by atoms with Crippen molar-refractivity contribution < 1.29 is 9.47 Å². The lowest BCUT2D eigenvalue weighted by molar-refractivity contribution is 0.355. The molecule has 124 valence electrons. The lowest BCUT2D eigenvalue weighted by Crippen LogP contribution is -2.28. The number of ether oxygens (including phenoxy) is 2. The highest BCUT2D eigenvalue weighted by molar-refractivity contribution is 7.21. The first-order valence-electron chi connectivity index (χ1n) is 7.84. The first-order chi connectivity index (χ1) is 11.7. The lowest BCUT2D eigenvalue weighted by atomic mass is 10.1. The standard InChI is InChI=1S/C17H17N3O3S/c1-22-11-7-6-10(9-12(11)23-2)15-19-14-16(24-15)18-13-5-3-4-8-20(13)17(14)21/h6-7,9H,3-5,8H2,1-2H3. The maximum absolute atomic E-state index is 12.7. The van der Waals surface area contributed by atoms with E-state index >= 15 is 0 Å². The number of aromatic nitrogens is 3. The minimum absolute atomic E-state index is 0.0299. The Bertz CT molecular complexity index is 977. The molecular formula is C17H17N3O3S. The number of rotatable bonds is 3. The summed E-state index contributed by atoms with van der Waals surface area (Å²) < 4.78 is 12.4. The molecular weight excluding hydrogens is 326 g/mol. The van der Waals surface area contributed by atoms with Crippen molar-refractivity contribution in [2.75, 3.05) is 14.2 Å². The van der Waals surface area contributed by atoms with Crippen LogP contribution in [0.25, 0.3) is 20.9 Å². The minimum Gasteiger partial charge on any atom is -0.493 e. The molecule has 0 N–H and O–H groups in total. The summed E-state index contributed by atoms with van der Waals surface area (Å²) in [6, 6.07) is 5.62. The normalized spacial score (nSPS) is 13.8. The molecule has 4 rings (SSSR count). The predicted octanol–water partition coefficient (Wildman–Crippen LogP) is 2.87. The van der Waals surface area contributed by atoms with Gasteiger partial charge in [0.2, 0.25) is 0 Å². The quantitative estimate of drug-likeness (QED) is 0.731. The van der Waals surface area contributed by atoms with Gasteiger partial charge in [-0.25, -0.2) is 9.97 Å². The van der Waals surface area contributed by atoms with E-state index in [0.29, 0.717) is 21.8 Å². The predicted molar refractivity (Wildman–Crippen MR) is 93.2 cm³/mol. The fraction of sp³-hybridized carbons (Fsp3) is 0.353. The van der Waals surface area contributed by atoms with E-state index in [1.165, 1.54) is 11.3 Å². The van der Waals surface area contributed by atoms with Crippen molar-refractivity contribution in [1.82, 2.24) is 14.5 Å². The molecule has 0 amide bonds. The maximum Gasteiger partial charge on any atom is 0.280 e. The van der Waals surface area contributed by atoms with E-state index in [0.717, 1.165) is 42.2 Å². The van der Waals surface area contributed by atoms with Crippen molar-refractivity contribution in [2.45, 2.75) is 25.8 Å². The van der Waals surface area contributed by atoms with E-state index in [4.69, 9.17) is 9.47 Å². The summed E-state index contributed by atoms with van der Waals surface area (Å²) in [4.78, 5) is 22.6. The number of nitrogens with zero attached hydrogens (tertiary/aromatic N) is 3. The zero-order valence-electron chi connectivity index (χ0n) is 13.5. The largest absolute Gasteiger partial charge is 0.493 e. The molecule has 0 saturated carbocycles. The van der Waals surface area contributed by atoms with Gasteiger partial charge in [0.15, 0.2) is 21.8 Å². The molecule has 6 nitrogen and oxygen atoms in total. The molecule has 0 atom stereocenters. The number of fused-ring (bicyclic) bond motifs is 2. The van der Waals surface area contributed by atoms with Gasteiger partial charge in [-0.1, -0.05) is 11.3 Å². The molecule has 0 radical (unpaired) electrons. The molecule has 2 aromatic heterocycles. The van der Waals surface area contributed by atoms with Gasteiger partial charge in [0.1, 0.15) is 10.8 Å². The van der Waals surface area contributed by atoms with Crippen molar-refractivity contribution in [2.24, 2.45) is 0 Å². The van der Waals surface area contributed by atoms with Gasteiger partial charge in [-0.15, -0.1) is 0 Å². The van der Waals surface area contributed by atoms with Crippen LogP contribution >= 0.6 is 11.3 Å². The molecule has 0 spiro atoms. The third-order valence-electron chi connectivity index (χ3n) is 4.26. The van der Waals surface area contributed by atoms with Crippen LogP contribution in [0.3, 0.4) is 0 Å². The molecule has 1 aliphatic rings. The number of aryl methyl sites for hydroxylation is 1. The average molecular weight is 343 g/mol. The van der Waals surface area contributed by atoms with Crippen molar-refractivity contribution >= 4 is 21.7 Å². The van der Waals surface area contributed by atoms with Crippen LogP contribution in [0.15, 0.2) is 23.0 Å². The second-order valence-electron chi connectivity index (χ2n) is 5.68. The van der Waals surface area contributed by atoms with Gasteiger partial charge < -0.3 is 9.47 Å². The maximum atomic E-state index is 12.7. The first-order valence-corrected chi connectivity index (χ1v) is 8.65. The van der Waals surface area contributed by atoms with Gasteiger partial charge in [0.25, 0.3) is 5.56 Å². The number of hydrogen-bond donors (Lipinski definition) is 0. The number of benzene rings is 1. The zero-order chi connectivity index (χ0) is 16.7. The van der Waals surface area contributed by atoms with Crippen molar-refractivity contribution in [3.8, 4) is 22.1 Å². The molecule has 0 unspecified atom stereocenters. The zero-order valence-corrected chi connectivity index (χ0v) is 14.4.